The Morgan fingerprint density at radius 1 is 1.00 bits per heavy atom. The Morgan fingerprint density at radius 3 is 2.45 bits per heavy atom. The molecule has 4 rings (SSSR count). The van der Waals surface area contributed by atoms with Gasteiger partial charge < -0.3 is 10.2 Å². The summed E-state index contributed by atoms with van der Waals surface area (Å²) in [6.07, 6.45) is -0.878. The molecular weight excluding hydrogens is 381 g/mol. The van der Waals surface area contributed by atoms with Crippen molar-refractivity contribution in [2.75, 3.05) is 11.9 Å². The molecule has 1 aliphatic heterocycles. The summed E-state index contributed by atoms with van der Waals surface area (Å²) >= 11 is 0. The van der Waals surface area contributed by atoms with Crippen molar-refractivity contribution in [2.24, 2.45) is 0 Å². The fourth-order valence-electron chi connectivity index (χ4n) is 3.26. The van der Waals surface area contributed by atoms with E-state index >= 15 is 0 Å². The summed E-state index contributed by atoms with van der Waals surface area (Å²) in [6, 6.07) is 12.8. The van der Waals surface area contributed by atoms with Gasteiger partial charge in [-0.05, 0) is 35.7 Å². The molecule has 1 aliphatic rings. The highest BCUT2D eigenvalue weighted by molar-refractivity contribution is 5.93. The lowest BCUT2D eigenvalue weighted by molar-refractivity contribution is -0.137. The molecule has 0 saturated heterocycles. The van der Waals surface area contributed by atoms with Crippen molar-refractivity contribution in [3.8, 4) is 0 Å². The van der Waals surface area contributed by atoms with Crippen LogP contribution in [0.2, 0.25) is 0 Å². The highest BCUT2D eigenvalue weighted by Gasteiger charge is 2.30. The second-order valence-electron chi connectivity index (χ2n) is 6.74. The number of hydrogen-bond donors (Lipinski definition) is 1. The largest absolute Gasteiger partial charge is 0.416 e. The maximum Gasteiger partial charge on any atom is 0.416 e. The molecule has 0 radical (unpaired) electrons. The van der Waals surface area contributed by atoms with E-state index in [9.17, 15) is 18.0 Å². The molecule has 0 atom stereocenters. The molecule has 0 saturated carbocycles. The zero-order chi connectivity index (χ0) is 20.4. The maximum atomic E-state index is 12.8. The van der Waals surface area contributed by atoms with Gasteiger partial charge in [-0.25, -0.2) is 9.97 Å². The van der Waals surface area contributed by atoms with Gasteiger partial charge in [0.15, 0.2) is 0 Å². The van der Waals surface area contributed by atoms with Gasteiger partial charge in [0.25, 0.3) is 5.91 Å². The van der Waals surface area contributed by atoms with E-state index in [0.29, 0.717) is 18.7 Å². The van der Waals surface area contributed by atoms with Crippen LogP contribution < -0.4 is 5.32 Å². The minimum Gasteiger partial charge on any atom is -0.334 e. The Kier molecular flexibility index (Phi) is 4.92. The summed E-state index contributed by atoms with van der Waals surface area (Å²) < 4.78 is 38.5. The number of nitrogens with zero attached hydrogens (tertiary/aromatic N) is 3. The first-order valence-corrected chi connectivity index (χ1v) is 9.02. The molecule has 0 unspecified atom stereocenters. The number of nitrogens with one attached hydrogen (secondary N) is 1. The molecule has 8 heteroatoms. The zero-order valence-corrected chi connectivity index (χ0v) is 15.3. The molecular formula is C21H17F3N4O. The second-order valence-corrected chi connectivity index (χ2v) is 6.74. The lowest BCUT2D eigenvalue weighted by atomic mass is 9.99. The fraction of sp³-hybridized carbons (Fsp3) is 0.190. The van der Waals surface area contributed by atoms with Gasteiger partial charge >= 0.3 is 6.18 Å². The summed E-state index contributed by atoms with van der Waals surface area (Å²) in [4.78, 5) is 22.6. The number of amides is 1. The summed E-state index contributed by atoms with van der Waals surface area (Å²) in [5.74, 6) is -0.0602. The Hall–Kier alpha value is -3.42. The van der Waals surface area contributed by atoms with Crippen molar-refractivity contribution in [2.45, 2.75) is 19.1 Å². The lowest BCUT2D eigenvalue weighted by Gasteiger charge is -2.28. The number of hydrogen-bond acceptors (Lipinski definition) is 4. The Labute approximate surface area is 165 Å². The summed E-state index contributed by atoms with van der Waals surface area (Å²) in [5, 5.41) is 2.73. The van der Waals surface area contributed by atoms with Crippen LogP contribution in [0.4, 0.5) is 24.8 Å². The van der Waals surface area contributed by atoms with Gasteiger partial charge in [0.1, 0.15) is 0 Å². The molecule has 148 valence electrons. The minimum atomic E-state index is -4.43. The van der Waals surface area contributed by atoms with Crippen LogP contribution in [0, 0.1) is 0 Å². The molecule has 0 fully saturated rings. The Balaban J connectivity index is 1.45. The van der Waals surface area contributed by atoms with Crippen LogP contribution >= 0.6 is 0 Å². The molecule has 0 aliphatic carbocycles. The predicted octanol–water partition coefficient (Wildman–Crippen LogP) is 4.44. The third kappa shape index (κ3) is 4.21. The first kappa shape index (κ1) is 18.9. The van der Waals surface area contributed by atoms with E-state index < -0.39 is 11.7 Å². The van der Waals surface area contributed by atoms with E-state index in [2.05, 4.69) is 21.4 Å². The molecule has 1 N–H and O–H groups in total. The van der Waals surface area contributed by atoms with Gasteiger partial charge in [-0.3, -0.25) is 4.79 Å². The lowest BCUT2D eigenvalue weighted by Crippen LogP contribution is -2.36. The number of rotatable bonds is 3. The van der Waals surface area contributed by atoms with E-state index in [-0.39, 0.29) is 17.5 Å². The molecule has 2 heterocycles. The smallest absolute Gasteiger partial charge is 0.334 e. The van der Waals surface area contributed by atoms with Crippen molar-refractivity contribution in [1.29, 1.82) is 0 Å². The van der Waals surface area contributed by atoms with Crippen LogP contribution in [0.1, 0.15) is 27.0 Å². The summed E-state index contributed by atoms with van der Waals surface area (Å²) in [7, 11) is 0. The van der Waals surface area contributed by atoms with E-state index in [1.165, 1.54) is 30.1 Å². The van der Waals surface area contributed by atoms with Crippen LogP contribution in [0.3, 0.4) is 0 Å². The number of halogens is 3. The van der Waals surface area contributed by atoms with Crippen molar-refractivity contribution >= 4 is 17.5 Å². The van der Waals surface area contributed by atoms with Crippen LogP contribution in [0.5, 0.6) is 0 Å². The quantitative estimate of drug-likeness (QED) is 0.709. The van der Waals surface area contributed by atoms with Crippen LogP contribution in [-0.2, 0) is 19.1 Å². The molecule has 1 aromatic heterocycles. The number of anilines is 2. The highest BCUT2D eigenvalue weighted by Crippen LogP contribution is 2.31. The van der Waals surface area contributed by atoms with Crippen molar-refractivity contribution in [1.82, 2.24) is 14.9 Å². The third-order valence-electron chi connectivity index (χ3n) is 4.76. The summed E-state index contributed by atoms with van der Waals surface area (Å²) in [5.41, 5.74) is 2.15. The van der Waals surface area contributed by atoms with E-state index in [0.717, 1.165) is 24.1 Å². The average Bonchev–Trinajstić information content (AvgIpc) is 2.73. The monoisotopic (exact) mass is 398 g/mol. The number of alkyl halides is 3. The van der Waals surface area contributed by atoms with Crippen LogP contribution in [-0.4, -0.2) is 27.3 Å². The topological polar surface area (TPSA) is 58.1 Å². The molecule has 5 nitrogen and oxygen atoms in total. The van der Waals surface area contributed by atoms with Gasteiger partial charge in [0.05, 0.1) is 11.1 Å². The number of fused-ring (bicyclic) bond motifs is 1. The van der Waals surface area contributed by atoms with E-state index in [1.807, 2.05) is 18.2 Å². The zero-order valence-electron chi connectivity index (χ0n) is 15.3. The molecule has 29 heavy (non-hydrogen) atoms. The molecule has 0 bridgehead atoms. The van der Waals surface area contributed by atoms with Gasteiger partial charge in [-0.1, -0.05) is 30.3 Å². The highest BCUT2D eigenvalue weighted by atomic mass is 19.4. The van der Waals surface area contributed by atoms with Gasteiger partial charge in [-0.2, -0.15) is 13.2 Å². The average molecular weight is 398 g/mol. The second kappa shape index (κ2) is 7.54. The van der Waals surface area contributed by atoms with Crippen molar-refractivity contribution in [3.05, 3.63) is 83.2 Å². The van der Waals surface area contributed by atoms with E-state index in [1.54, 1.807) is 4.90 Å². The standard InChI is InChI=1S/C21H17F3N4O/c22-21(23,24)17-6-3-7-18(10-17)27-20-25-11-16(12-26-20)19(29)28-9-8-14-4-1-2-5-15(14)13-28/h1-7,10-12H,8-9,13H2,(H,25,26,27). The predicted molar refractivity (Wildman–Crippen MR) is 102 cm³/mol. The Morgan fingerprint density at radius 2 is 1.72 bits per heavy atom. The number of benzene rings is 2. The molecule has 3 aromatic rings. The summed E-state index contributed by atoms with van der Waals surface area (Å²) in [6.45, 7) is 1.14. The number of carbonyl (C=O) groups is 1. The van der Waals surface area contributed by atoms with Gasteiger partial charge in [0.2, 0.25) is 5.95 Å². The van der Waals surface area contributed by atoms with Crippen molar-refractivity contribution in [3.63, 3.8) is 0 Å². The van der Waals surface area contributed by atoms with Gasteiger partial charge in [-0.15, -0.1) is 0 Å². The van der Waals surface area contributed by atoms with Gasteiger partial charge in [0, 0.05) is 31.2 Å². The first-order valence-electron chi connectivity index (χ1n) is 9.02. The third-order valence-corrected chi connectivity index (χ3v) is 4.76. The van der Waals surface area contributed by atoms with Crippen LogP contribution in [0.25, 0.3) is 0 Å². The molecule has 1 amide bonds. The Bertz CT molecular complexity index is 1030. The number of carbonyl (C=O) groups excluding carboxylic acids is 1. The maximum absolute atomic E-state index is 12.8. The normalized spacial score (nSPS) is 13.7. The SMILES string of the molecule is O=C(c1cnc(Nc2cccc(C(F)(F)F)c2)nc1)N1CCc2ccccc2C1. The fourth-order valence-corrected chi connectivity index (χ4v) is 3.26. The van der Waals surface area contributed by atoms with Crippen molar-refractivity contribution < 1.29 is 18.0 Å². The van der Waals surface area contributed by atoms with E-state index in [4.69, 9.17) is 0 Å². The first-order chi connectivity index (χ1) is 13.9. The molecule has 2 aromatic carbocycles. The molecule has 0 spiro atoms. The number of aromatic nitrogens is 2. The minimum absolute atomic E-state index is 0.116. The van der Waals surface area contributed by atoms with Crippen LogP contribution in [0.15, 0.2) is 60.9 Å².